The molecule has 0 aliphatic carbocycles. The summed E-state index contributed by atoms with van der Waals surface area (Å²) < 4.78 is 37.8. The Morgan fingerprint density at radius 3 is 1.69 bits per heavy atom. The molecule has 0 aliphatic heterocycles. The average molecular weight is 399 g/mol. The Morgan fingerprint density at radius 1 is 0.793 bits per heavy atom. The number of aryl methyl sites for hydroxylation is 1. The van der Waals surface area contributed by atoms with Crippen molar-refractivity contribution in [3.05, 3.63) is 89.2 Å². The van der Waals surface area contributed by atoms with Gasteiger partial charge in [0.2, 0.25) is 0 Å². The molecule has 0 bridgehead atoms. The number of amides is 2. The summed E-state index contributed by atoms with van der Waals surface area (Å²) in [6.45, 7) is 1.92. The van der Waals surface area contributed by atoms with Gasteiger partial charge in [-0.05, 0) is 49.4 Å². The van der Waals surface area contributed by atoms with Gasteiger partial charge in [-0.2, -0.15) is 13.2 Å². The molecule has 3 rings (SSSR count). The molecule has 2 N–H and O–H groups in total. The van der Waals surface area contributed by atoms with Crippen molar-refractivity contribution in [3.63, 3.8) is 0 Å². The van der Waals surface area contributed by atoms with Crippen LogP contribution in [0.25, 0.3) is 0 Å². The minimum Gasteiger partial charge on any atom is -0.322 e. The van der Waals surface area contributed by atoms with E-state index < -0.39 is 23.6 Å². The van der Waals surface area contributed by atoms with Crippen LogP contribution in [0.4, 0.5) is 24.5 Å². The van der Waals surface area contributed by atoms with Gasteiger partial charge < -0.3 is 10.6 Å². The number of rotatable bonds is 4. The lowest BCUT2D eigenvalue weighted by molar-refractivity contribution is -0.137. The Kier molecular flexibility index (Phi) is 5.63. The van der Waals surface area contributed by atoms with Crippen LogP contribution in [0.2, 0.25) is 0 Å². The van der Waals surface area contributed by atoms with Crippen LogP contribution < -0.4 is 10.6 Å². The molecule has 0 unspecified atom stereocenters. The molecule has 2 aromatic carbocycles. The van der Waals surface area contributed by atoms with E-state index in [0.717, 1.165) is 29.8 Å². The van der Waals surface area contributed by atoms with Crippen LogP contribution in [0, 0.1) is 6.92 Å². The minimum absolute atomic E-state index is 0.0986. The third-order valence-electron chi connectivity index (χ3n) is 4.04. The Balaban J connectivity index is 1.70. The van der Waals surface area contributed by atoms with Crippen molar-refractivity contribution in [1.29, 1.82) is 0 Å². The van der Waals surface area contributed by atoms with Gasteiger partial charge in [0.1, 0.15) is 0 Å². The van der Waals surface area contributed by atoms with Gasteiger partial charge in [0, 0.05) is 23.8 Å². The number of benzene rings is 2. The molecule has 0 saturated heterocycles. The van der Waals surface area contributed by atoms with E-state index in [1.165, 1.54) is 18.5 Å². The molecule has 8 heteroatoms. The molecule has 148 valence electrons. The number of aromatic nitrogens is 1. The second-order valence-electron chi connectivity index (χ2n) is 6.31. The number of alkyl halides is 3. The molecule has 0 spiro atoms. The van der Waals surface area contributed by atoms with Gasteiger partial charge in [0.25, 0.3) is 11.8 Å². The average Bonchev–Trinajstić information content (AvgIpc) is 2.69. The smallest absolute Gasteiger partial charge is 0.322 e. The predicted molar refractivity (Wildman–Crippen MR) is 103 cm³/mol. The van der Waals surface area contributed by atoms with Gasteiger partial charge in [-0.25, -0.2) is 0 Å². The lowest BCUT2D eigenvalue weighted by Crippen LogP contribution is -2.16. The zero-order valence-corrected chi connectivity index (χ0v) is 15.2. The molecular weight excluding hydrogens is 383 g/mol. The summed E-state index contributed by atoms with van der Waals surface area (Å²) in [7, 11) is 0. The number of pyridine rings is 1. The molecule has 0 fully saturated rings. The van der Waals surface area contributed by atoms with E-state index >= 15 is 0 Å². The van der Waals surface area contributed by atoms with Crippen molar-refractivity contribution in [3.8, 4) is 0 Å². The number of nitrogens with zero attached hydrogens (tertiary/aromatic N) is 1. The zero-order chi connectivity index (χ0) is 21.0. The Hall–Kier alpha value is -3.68. The van der Waals surface area contributed by atoms with E-state index in [1.807, 2.05) is 19.1 Å². The number of hydrogen-bond donors (Lipinski definition) is 2. The molecule has 0 aliphatic rings. The molecular formula is C21H16F3N3O2. The van der Waals surface area contributed by atoms with E-state index in [4.69, 9.17) is 0 Å². The van der Waals surface area contributed by atoms with Crippen molar-refractivity contribution in [2.45, 2.75) is 13.1 Å². The Bertz CT molecular complexity index is 1030. The fourth-order valence-corrected chi connectivity index (χ4v) is 2.47. The number of halogens is 3. The fraction of sp³-hybridized carbons (Fsp3) is 0.0952. The highest BCUT2D eigenvalue weighted by Gasteiger charge is 2.30. The Labute approximate surface area is 164 Å². The molecule has 3 aromatic rings. The predicted octanol–water partition coefficient (Wildman–Crippen LogP) is 4.91. The molecule has 5 nitrogen and oxygen atoms in total. The molecule has 2 amide bonds. The third kappa shape index (κ3) is 5.19. The summed E-state index contributed by atoms with van der Waals surface area (Å²) in [5, 5.41) is 5.19. The first-order valence-corrected chi connectivity index (χ1v) is 8.54. The second-order valence-corrected chi connectivity index (χ2v) is 6.31. The van der Waals surface area contributed by atoms with Crippen LogP contribution in [0.5, 0.6) is 0 Å². The van der Waals surface area contributed by atoms with E-state index in [1.54, 1.807) is 12.1 Å². The van der Waals surface area contributed by atoms with Crippen LogP contribution in [0.1, 0.15) is 31.8 Å². The topological polar surface area (TPSA) is 71.1 Å². The van der Waals surface area contributed by atoms with E-state index in [-0.39, 0.29) is 16.8 Å². The number of carbonyl (C=O) groups is 2. The maximum atomic E-state index is 12.6. The zero-order valence-electron chi connectivity index (χ0n) is 15.2. The summed E-state index contributed by atoms with van der Waals surface area (Å²) in [6.07, 6.45) is -1.87. The minimum atomic E-state index is -4.45. The molecule has 1 aromatic heterocycles. The van der Waals surface area contributed by atoms with Crippen molar-refractivity contribution in [1.82, 2.24) is 4.98 Å². The summed E-state index contributed by atoms with van der Waals surface area (Å²) in [5.41, 5.74) is 1.29. The van der Waals surface area contributed by atoms with Crippen LogP contribution in [-0.2, 0) is 6.18 Å². The highest BCUT2D eigenvalue weighted by Crippen LogP contribution is 2.29. The monoisotopic (exact) mass is 399 g/mol. The number of anilines is 2. The largest absolute Gasteiger partial charge is 0.416 e. The number of nitrogens with one attached hydrogen (secondary N) is 2. The van der Waals surface area contributed by atoms with Crippen molar-refractivity contribution in [2.24, 2.45) is 0 Å². The lowest BCUT2D eigenvalue weighted by Gasteiger charge is -2.09. The van der Waals surface area contributed by atoms with Gasteiger partial charge in [0.15, 0.2) is 0 Å². The first-order valence-electron chi connectivity index (χ1n) is 8.54. The van der Waals surface area contributed by atoms with Gasteiger partial charge >= 0.3 is 6.18 Å². The van der Waals surface area contributed by atoms with Gasteiger partial charge in [0.05, 0.1) is 16.7 Å². The number of hydrogen-bond acceptors (Lipinski definition) is 3. The fourth-order valence-electron chi connectivity index (χ4n) is 2.47. The van der Waals surface area contributed by atoms with Gasteiger partial charge in [-0.3, -0.25) is 14.6 Å². The molecule has 29 heavy (non-hydrogen) atoms. The molecule has 1 heterocycles. The van der Waals surface area contributed by atoms with Crippen LogP contribution in [0.3, 0.4) is 0 Å². The van der Waals surface area contributed by atoms with Gasteiger partial charge in [-0.1, -0.05) is 17.7 Å². The standard InChI is InChI=1S/C21H16F3N3O2/c1-13-2-6-17(7-3-13)26-19(28)14-10-15(12-25-11-14)20(29)27-18-8-4-16(5-9-18)21(22,23)24/h2-12H,1H3,(H,26,28)(H,27,29). The summed E-state index contributed by atoms with van der Waals surface area (Å²) in [5.74, 6) is -1.03. The van der Waals surface area contributed by atoms with E-state index in [2.05, 4.69) is 15.6 Å². The maximum Gasteiger partial charge on any atom is 0.416 e. The summed E-state index contributed by atoms with van der Waals surface area (Å²) >= 11 is 0. The second kappa shape index (κ2) is 8.14. The normalized spacial score (nSPS) is 11.0. The first kappa shape index (κ1) is 20.1. The maximum absolute atomic E-state index is 12.6. The highest BCUT2D eigenvalue weighted by molar-refractivity contribution is 6.08. The van der Waals surface area contributed by atoms with Gasteiger partial charge in [-0.15, -0.1) is 0 Å². The molecule has 0 atom stereocenters. The van der Waals surface area contributed by atoms with Crippen LogP contribution >= 0.6 is 0 Å². The number of carbonyl (C=O) groups excluding carboxylic acids is 2. The van der Waals surface area contributed by atoms with E-state index in [9.17, 15) is 22.8 Å². The van der Waals surface area contributed by atoms with E-state index in [0.29, 0.717) is 5.69 Å². The van der Waals surface area contributed by atoms with Crippen molar-refractivity contribution >= 4 is 23.2 Å². The Morgan fingerprint density at radius 2 is 1.24 bits per heavy atom. The lowest BCUT2D eigenvalue weighted by atomic mass is 10.1. The SMILES string of the molecule is Cc1ccc(NC(=O)c2cncc(C(=O)Nc3ccc(C(F)(F)F)cc3)c2)cc1. The molecule has 0 radical (unpaired) electrons. The summed E-state index contributed by atoms with van der Waals surface area (Å²) in [6, 6.07) is 12.6. The van der Waals surface area contributed by atoms with Crippen molar-refractivity contribution in [2.75, 3.05) is 10.6 Å². The quantitative estimate of drug-likeness (QED) is 0.655. The summed E-state index contributed by atoms with van der Waals surface area (Å²) in [4.78, 5) is 28.6. The first-order chi connectivity index (χ1) is 13.7. The highest BCUT2D eigenvalue weighted by atomic mass is 19.4. The van der Waals surface area contributed by atoms with Crippen LogP contribution in [-0.4, -0.2) is 16.8 Å². The van der Waals surface area contributed by atoms with Crippen LogP contribution in [0.15, 0.2) is 67.0 Å². The van der Waals surface area contributed by atoms with Crippen molar-refractivity contribution < 1.29 is 22.8 Å². The molecule has 0 saturated carbocycles. The third-order valence-corrected chi connectivity index (χ3v) is 4.04.